The molecule has 0 aliphatic carbocycles. The van der Waals surface area contributed by atoms with E-state index in [0.717, 1.165) is 28.3 Å². The van der Waals surface area contributed by atoms with Crippen molar-refractivity contribution in [1.29, 1.82) is 0 Å². The second-order valence-electron chi connectivity index (χ2n) is 7.98. The highest BCUT2D eigenvalue weighted by Gasteiger charge is 2.23. The van der Waals surface area contributed by atoms with Gasteiger partial charge in [0.1, 0.15) is 23.7 Å². The summed E-state index contributed by atoms with van der Waals surface area (Å²) in [6.45, 7) is 6.10. The minimum Gasteiger partial charge on any atom is -0.497 e. The SMILES string of the molecule is COc1ccc(-c2ccccc2OCC2CC(CNC(=O)OC(C)(C)C)=NO2)cc1. The Labute approximate surface area is 177 Å². The molecule has 0 spiro atoms. The van der Waals surface area contributed by atoms with Crippen molar-refractivity contribution in [2.45, 2.75) is 38.9 Å². The minimum absolute atomic E-state index is 0.204. The fourth-order valence-electron chi connectivity index (χ4n) is 2.95. The van der Waals surface area contributed by atoms with Gasteiger partial charge in [0.2, 0.25) is 0 Å². The Balaban J connectivity index is 1.51. The van der Waals surface area contributed by atoms with E-state index in [2.05, 4.69) is 10.5 Å². The van der Waals surface area contributed by atoms with E-state index in [1.165, 1.54) is 0 Å². The lowest BCUT2D eigenvalue weighted by molar-refractivity contribution is 0.0472. The fraction of sp³-hybridized carbons (Fsp3) is 0.391. The first kappa shape index (κ1) is 21.5. The summed E-state index contributed by atoms with van der Waals surface area (Å²) in [5.74, 6) is 1.58. The molecule has 0 bridgehead atoms. The zero-order chi connectivity index (χ0) is 21.6. The highest BCUT2D eigenvalue weighted by atomic mass is 16.7. The van der Waals surface area contributed by atoms with Gasteiger partial charge in [0.15, 0.2) is 6.10 Å². The normalized spacial score (nSPS) is 15.7. The topological polar surface area (TPSA) is 78.4 Å². The van der Waals surface area contributed by atoms with Crippen molar-refractivity contribution in [2.75, 3.05) is 20.3 Å². The number of nitrogens with one attached hydrogen (secondary N) is 1. The van der Waals surface area contributed by atoms with Gasteiger partial charge in [-0.15, -0.1) is 0 Å². The van der Waals surface area contributed by atoms with Crippen LogP contribution in [0.1, 0.15) is 27.2 Å². The molecule has 0 fully saturated rings. The van der Waals surface area contributed by atoms with Crippen molar-refractivity contribution in [3.63, 3.8) is 0 Å². The number of nitrogens with zero attached hydrogens (tertiary/aromatic N) is 1. The number of ether oxygens (including phenoxy) is 3. The molecule has 1 N–H and O–H groups in total. The average molecular weight is 412 g/mol. The lowest BCUT2D eigenvalue weighted by Crippen LogP contribution is -2.35. The molecule has 1 heterocycles. The van der Waals surface area contributed by atoms with Gasteiger partial charge >= 0.3 is 6.09 Å². The molecular weight excluding hydrogens is 384 g/mol. The van der Waals surface area contributed by atoms with Crippen LogP contribution in [0.4, 0.5) is 4.79 Å². The number of oxime groups is 1. The number of benzene rings is 2. The predicted octanol–water partition coefficient (Wildman–Crippen LogP) is 4.41. The van der Waals surface area contributed by atoms with Gasteiger partial charge in [0.05, 0.1) is 19.4 Å². The Morgan fingerprint density at radius 2 is 1.90 bits per heavy atom. The van der Waals surface area contributed by atoms with Crippen LogP contribution < -0.4 is 14.8 Å². The van der Waals surface area contributed by atoms with Crippen LogP contribution >= 0.6 is 0 Å². The average Bonchev–Trinajstić information content (AvgIpc) is 3.18. The molecule has 30 heavy (non-hydrogen) atoms. The number of alkyl carbamates (subject to hydrolysis) is 1. The third kappa shape index (κ3) is 6.14. The molecule has 1 aliphatic heterocycles. The van der Waals surface area contributed by atoms with Gasteiger partial charge in [-0.05, 0) is 44.5 Å². The molecule has 1 aliphatic rings. The largest absolute Gasteiger partial charge is 0.497 e. The van der Waals surface area contributed by atoms with Crippen LogP contribution in [0.2, 0.25) is 0 Å². The molecule has 1 atom stereocenters. The van der Waals surface area contributed by atoms with Gasteiger partial charge in [0, 0.05) is 12.0 Å². The van der Waals surface area contributed by atoms with Crippen molar-refractivity contribution in [1.82, 2.24) is 5.32 Å². The Morgan fingerprint density at radius 1 is 1.17 bits per heavy atom. The summed E-state index contributed by atoms with van der Waals surface area (Å²) >= 11 is 0. The van der Waals surface area contributed by atoms with Crippen LogP contribution in [-0.2, 0) is 9.57 Å². The van der Waals surface area contributed by atoms with Crippen LogP contribution in [0.5, 0.6) is 11.5 Å². The van der Waals surface area contributed by atoms with Crippen molar-refractivity contribution in [3.05, 3.63) is 48.5 Å². The highest BCUT2D eigenvalue weighted by Crippen LogP contribution is 2.31. The van der Waals surface area contributed by atoms with Gasteiger partial charge in [-0.1, -0.05) is 35.5 Å². The number of amides is 1. The summed E-state index contributed by atoms with van der Waals surface area (Å²) in [5, 5.41) is 6.74. The fourth-order valence-corrected chi connectivity index (χ4v) is 2.95. The Bertz CT molecular complexity index is 887. The van der Waals surface area contributed by atoms with Crippen LogP contribution in [0.25, 0.3) is 11.1 Å². The Hall–Kier alpha value is -3.22. The first-order valence-electron chi connectivity index (χ1n) is 9.89. The maximum Gasteiger partial charge on any atom is 0.407 e. The number of para-hydroxylation sites is 1. The molecule has 0 saturated heterocycles. The number of hydrogen-bond donors (Lipinski definition) is 1. The second kappa shape index (κ2) is 9.52. The number of carbonyl (C=O) groups is 1. The molecule has 7 nitrogen and oxygen atoms in total. The molecule has 0 saturated carbocycles. The molecule has 160 valence electrons. The van der Waals surface area contributed by atoms with E-state index in [4.69, 9.17) is 19.0 Å². The summed E-state index contributed by atoms with van der Waals surface area (Å²) < 4.78 is 16.5. The number of hydrogen-bond acceptors (Lipinski definition) is 6. The number of carbonyl (C=O) groups excluding carboxylic acids is 1. The minimum atomic E-state index is -0.536. The Morgan fingerprint density at radius 3 is 2.60 bits per heavy atom. The summed E-state index contributed by atoms with van der Waals surface area (Å²) in [5.41, 5.74) is 2.24. The van der Waals surface area contributed by atoms with E-state index in [1.807, 2.05) is 69.3 Å². The predicted molar refractivity (Wildman–Crippen MR) is 115 cm³/mol. The van der Waals surface area contributed by atoms with Crippen LogP contribution in [-0.4, -0.2) is 43.8 Å². The summed E-state index contributed by atoms with van der Waals surface area (Å²) in [6.07, 6.45) is -0.0942. The first-order valence-corrected chi connectivity index (χ1v) is 9.89. The Kier molecular flexibility index (Phi) is 6.82. The second-order valence-corrected chi connectivity index (χ2v) is 7.98. The van der Waals surface area contributed by atoms with E-state index >= 15 is 0 Å². The zero-order valence-corrected chi connectivity index (χ0v) is 17.8. The van der Waals surface area contributed by atoms with Crippen molar-refractivity contribution >= 4 is 11.8 Å². The van der Waals surface area contributed by atoms with Gasteiger partial charge in [0.25, 0.3) is 0 Å². The van der Waals surface area contributed by atoms with Crippen molar-refractivity contribution < 1.29 is 23.8 Å². The van der Waals surface area contributed by atoms with Crippen molar-refractivity contribution in [2.24, 2.45) is 5.16 Å². The summed E-state index contributed by atoms with van der Waals surface area (Å²) in [6, 6.07) is 15.7. The quantitative estimate of drug-likeness (QED) is 0.729. The van der Waals surface area contributed by atoms with Crippen molar-refractivity contribution in [3.8, 4) is 22.6 Å². The van der Waals surface area contributed by atoms with Gasteiger partial charge in [-0.3, -0.25) is 0 Å². The van der Waals surface area contributed by atoms with E-state index in [9.17, 15) is 4.79 Å². The van der Waals surface area contributed by atoms with Gasteiger partial charge in [-0.25, -0.2) is 4.79 Å². The lowest BCUT2D eigenvalue weighted by atomic mass is 10.0. The lowest BCUT2D eigenvalue weighted by Gasteiger charge is -2.19. The maximum absolute atomic E-state index is 11.8. The van der Waals surface area contributed by atoms with Crippen LogP contribution in [0.15, 0.2) is 53.7 Å². The monoisotopic (exact) mass is 412 g/mol. The highest BCUT2D eigenvalue weighted by molar-refractivity contribution is 5.89. The molecule has 7 heteroatoms. The van der Waals surface area contributed by atoms with E-state index in [-0.39, 0.29) is 12.6 Å². The van der Waals surface area contributed by atoms with Gasteiger partial charge < -0.3 is 24.4 Å². The number of rotatable bonds is 7. The molecule has 0 radical (unpaired) electrons. The van der Waals surface area contributed by atoms with Crippen LogP contribution in [0, 0.1) is 0 Å². The standard InChI is InChI=1S/C23H28N2O5/c1-23(2,3)29-22(26)24-14-17-13-19(30-25-17)15-28-21-8-6-5-7-20(21)16-9-11-18(27-4)12-10-16/h5-12,19H,13-15H2,1-4H3,(H,24,26). The summed E-state index contributed by atoms with van der Waals surface area (Å²) in [7, 11) is 1.65. The van der Waals surface area contributed by atoms with E-state index in [1.54, 1.807) is 7.11 Å². The van der Waals surface area contributed by atoms with Crippen LogP contribution in [0.3, 0.4) is 0 Å². The molecule has 1 amide bonds. The molecule has 1 unspecified atom stereocenters. The third-order valence-electron chi connectivity index (χ3n) is 4.34. The molecule has 2 aromatic carbocycles. The smallest absolute Gasteiger partial charge is 0.407 e. The molecule has 0 aromatic heterocycles. The zero-order valence-electron chi connectivity index (χ0n) is 17.8. The molecule has 2 aromatic rings. The molecular formula is C23H28N2O5. The number of methoxy groups -OCH3 is 1. The maximum atomic E-state index is 11.8. The first-order chi connectivity index (χ1) is 14.3. The molecule has 3 rings (SSSR count). The summed E-state index contributed by atoms with van der Waals surface area (Å²) in [4.78, 5) is 17.2. The third-order valence-corrected chi connectivity index (χ3v) is 4.34. The van der Waals surface area contributed by atoms with E-state index in [0.29, 0.717) is 13.0 Å². The van der Waals surface area contributed by atoms with Gasteiger partial charge in [-0.2, -0.15) is 0 Å². The van der Waals surface area contributed by atoms with E-state index < -0.39 is 11.7 Å².